The maximum Gasteiger partial charge on any atom is 0.341 e. The molecule has 0 aliphatic heterocycles. The lowest BCUT2D eigenvalue weighted by atomic mass is 9.72. The van der Waals surface area contributed by atoms with Crippen LogP contribution in [0.25, 0.3) is 6.08 Å². The second-order valence-corrected chi connectivity index (χ2v) is 10.9. The van der Waals surface area contributed by atoms with Gasteiger partial charge in [0, 0.05) is 11.0 Å². The zero-order valence-electron chi connectivity index (χ0n) is 20.9. The highest BCUT2D eigenvalue weighted by atomic mass is 32.1. The third-order valence-electron chi connectivity index (χ3n) is 6.18. The van der Waals surface area contributed by atoms with Crippen LogP contribution in [-0.4, -0.2) is 38.3 Å². The molecule has 0 bridgehead atoms. The largest absolute Gasteiger partial charge is 0.493 e. The summed E-state index contributed by atoms with van der Waals surface area (Å²) in [7, 11) is 4.49. The van der Waals surface area contributed by atoms with Gasteiger partial charge in [-0.25, -0.2) is 4.79 Å². The quantitative estimate of drug-likeness (QED) is 0.309. The van der Waals surface area contributed by atoms with Crippen molar-refractivity contribution in [3.63, 3.8) is 0 Å². The van der Waals surface area contributed by atoms with E-state index in [-0.39, 0.29) is 10.5 Å². The predicted octanol–water partition coefficient (Wildman–Crippen LogP) is 5.23. The van der Waals surface area contributed by atoms with Gasteiger partial charge >= 0.3 is 5.97 Å². The lowest BCUT2D eigenvalue weighted by molar-refractivity contribution is -0.115. The summed E-state index contributed by atoms with van der Waals surface area (Å²) in [6.45, 7) is 6.74. The van der Waals surface area contributed by atoms with Crippen LogP contribution >= 0.6 is 23.6 Å². The highest BCUT2D eigenvalue weighted by Gasteiger charge is 2.34. The Kier molecular flexibility index (Phi) is 8.56. The number of fused-ring (bicyclic) bond motifs is 1. The van der Waals surface area contributed by atoms with Crippen molar-refractivity contribution in [3.05, 3.63) is 45.8 Å². The fraction of sp³-hybridized carbons (Fsp3) is 0.423. The number of hydrogen-bond donors (Lipinski definition) is 2. The summed E-state index contributed by atoms with van der Waals surface area (Å²) >= 11 is 6.87. The molecule has 2 N–H and O–H groups in total. The van der Waals surface area contributed by atoms with Crippen LogP contribution in [0.4, 0.5) is 5.00 Å². The van der Waals surface area contributed by atoms with Crippen LogP contribution in [-0.2, 0) is 22.4 Å². The molecule has 1 aromatic carbocycles. The summed E-state index contributed by atoms with van der Waals surface area (Å²) in [4.78, 5) is 26.2. The second-order valence-electron chi connectivity index (χ2n) is 9.40. The molecule has 188 valence electrons. The summed E-state index contributed by atoms with van der Waals surface area (Å²) in [5, 5.41) is 6.40. The van der Waals surface area contributed by atoms with Gasteiger partial charge in [0.1, 0.15) is 5.00 Å². The molecule has 7 nitrogen and oxygen atoms in total. The van der Waals surface area contributed by atoms with Gasteiger partial charge in [0.05, 0.1) is 26.9 Å². The molecule has 1 aliphatic rings. The number of anilines is 1. The minimum Gasteiger partial charge on any atom is -0.493 e. The number of hydrogen-bond acceptors (Lipinski definition) is 7. The van der Waals surface area contributed by atoms with E-state index in [1.165, 1.54) is 29.4 Å². The van der Waals surface area contributed by atoms with E-state index in [9.17, 15) is 9.59 Å². The van der Waals surface area contributed by atoms with Crippen molar-refractivity contribution in [2.24, 2.45) is 11.3 Å². The van der Waals surface area contributed by atoms with Gasteiger partial charge < -0.3 is 19.5 Å². The van der Waals surface area contributed by atoms with Crippen LogP contribution in [0.15, 0.2) is 24.3 Å². The standard InChI is InChI=1S/C26H32N2O5S2/c1-26(2,3)16-9-10-17-20(14-16)35-23(22(17)24(30)33-6)28-25(34)27-21(29)12-8-15-7-11-18(31-4)19(13-15)32-5/h7-8,11-13,16H,9-10,14H2,1-6H3,(H2,27,28,29,34)/b12-8+. The van der Waals surface area contributed by atoms with Crippen LogP contribution < -0.4 is 20.1 Å². The monoisotopic (exact) mass is 516 g/mol. The highest BCUT2D eigenvalue weighted by molar-refractivity contribution is 7.80. The first-order valence-corrected chi connectivity index (χ1v) is 12.5. The molecule has 1 aromatic heterocycles. The van der Waals surface area contributed by atoms with Crippen molar-refractivity contribution < 1.29 is 23.8 Å². The van der Waals surface area contributed by atoms with Crippen molar-refractivity contribution in [2.75, 3.05) is 26.6 Å². The SMILES string of the molecule is COC(=O)c1c(NC(=S)NC(=O)/C=C/c2ccc(OC)c(OC)c2)sc2c1CCC(C(C)(C)C)C2. The van der Waals surface area contributed by atoms with Crippen molar-refractivity contribution in [1.29, 1.82) is 0 Å². The molecule has 1 atom stereocenters. The molecule has 0 radical (unpaired) electrons. The first kappa shape index (κ1) is 26.7. The zero-order valence-corrected chi connectivity index (χ0v) is 22.6. The Morgan fingerprint density at radius 2 is 1.86 bits per heavy atom. The number of methoxy groups -OCH3 is 3. The molecular formula is C26H32N2O5S2. The molecule has 0 saturated heterocycles. The lowest BCUT2D eigenvalue weighted by Gasteiger charge is -2.33. The zero-order chi connectivity index (χ0) is 25.8. The van der Waals surface area contributed by atoms with E-state index < -0.39 is 11.9 Å². The molecule has 0 fully saturated rings. The summed E-state index contributed by atoms with van der Waals surface area (Å²) in [5.74, 6) is 0.902. The van der Waals surface area contributed by atoms with E-state index in [2.05, 4.69) is 31.4 Å². The minimum absolute atomic E-state index is 0.114. The van der Waals surface area contributed by atoms with Crippen molar-refractivity contribution >= 4 is 51.6 Å². The molecule has 2 aromatic rings. The van der Waals surface area contributed by atoms with Gasteiger partial charge in [-0.05, 0) is 72.1 Å². The van der Waals surface area contributed by atoms with E-state index in [1.807, 2.05) is 6.07 Å². The highest BCUT2D eigenvalue weighted by Crippen LogP contribution is 2.44. The fourth-order valence-electron chi connectivity index (χ4n) is 4.15. The Bertz CT molecular complexity index is 1150. The molecule has 35 heavy (non-hydrogen) atoms. The van der Waals surface area contributed by atoms with Crippen molar-refractivity contribution in [2.45, 2.75) is 40.0 Å². The molecule has 1 unspecified atom stereocenters. The fourth-order valence-corrected chi connectivity index (χ4v) is 5.73. The van der Waals surface area contributed by atoms with Gasteiger partial charge in [0.2, 0.25) is 5.91 Å². The second kappa shape index (κ2) is 11.2. The number of thiophene rings is 1. The van der Waals surface area contributed by atoms with Crippen LogP contribution in [0.5, 0.6) is 11.5 Å². The molecule has 1 aliphatic carbocycles. The van der Waals surface area contributed by atoms with E-state index in [4.69, 9.17) is 26.4 Å². The van der Waals surface area contributed by atoms with Gasteiger partial charge in [-0.2, -0.15) is 0 Å². The van der Waals surface area contributed by atoms with Crippen LogP contribution in [0.1, 0.15) is 53.6 Å². The number of carbonyl (C=O) groups is 2. The van der Waals surface area contributed by atoms with E-state index in [1.54, 1.807) is 32.4 Å². The van der Waals surface area contributed by atoms with Gasteiger partial charge in [-0.15, -0.1) is 11.3 Å². The number of nitrogens with one attached hydrogen (secondary N) is 2. The maximum absolute atomic E-state index is 12.6. The number of esters is 1. The molecule has 1 heterocycles. The topological polar surface area (TPSA) is 85.9 Å². The van der Waals surface area contributed by atoms with E-state index in [0.29, 0.717) is 28.0 Å². The maximum atomic E-state index is 12.6. The smallest absolute Gasteiger partial charge is 0.341 e. The number of amides is 1. The van der Waals surface area contributed by atoms with Gasteiger partial charge in [0.15, 0.2) is 16.6 Å². The Labute approximate surface area is 215 Å². The third-order valence-corrected chi connectivity index (χ3v) is 7.55. The van der Waals surface area contributed by atoms with E-state index >= 15 is 0 Å². The number of thiocarbonyl (C=S) groups is 1. The molecule has 9 heteroatoms. The Balaban J connectivity index is 1.72. The number of rotatable bonds is 6. The Morgan fingerprint density at radius 3 is 2.49 bits per heavy atom. The van der Waals surface area contributed by atoms with Gasteiger partial charge in [-0.3, -0.25) is 10.1 Å². The molecule has 1 amide bonds. The molecule has 0 saturated carbocycles. The molecular weight excluding hydrogens is 484 g/mol. The predicted molar refractivity (Wildman–Crippen MR) is 144 cm³/mol. The summed E-state index contributed by atoms with van der Waals surface area (Å²) in [5.41, 5.74) is 2.48. The third kappa shape index (κ3) is 6.41. The van der Waals surface area contributed by atoms with Crippen LogP contribution in [0, 0.1) is 11.3 Å². The average molecular weight is 517 g/mol. The summed E-state index contributed by atoms with van der Waals surface area (Å²) in [6.07, 6.45) is 5.76. The molecule has 3 rings (SSSR count). The first-order chi connectivity index (χ1) is 16.6. The normalized spacial score (nSPS) is 15.3. The Morgan fingerprint density at radius 1 is 1.14 bits per heavy atom. The van der Waals surface area contributed by atoms with Crippen molar-refractivity contribution in [3.8, 4) is 11.5 Å². The van der Waals surface area contributed by atoms with Crippen LogP contribution in [0.3, 0.4) is 0 Å². The first-order valence-electron chi connectivity index (χ1n) is 11.3. The summed E-state index contributed by atoms with van der Waals surface area (Å²) in [6, 6.07) is 5.34. The lowest BCUT2D eigenvalue weighted by Crippen LogP contribution is -2.33. The molecule has 0 spiro atoms. The van der Waals surface area contributed by atoms with Crippen molar-refractivity contribution in [1.82, 2.24) is 5.32 Å². The van der Waals surface area contributed by atoms with Crippen LogP contribution in [0.2, 0.25) is 0 Å². The minimum atomic E-state index is -0.401. The Hall–Kier alpha value is -2.91. The summed E-state index contributed by atoms with van der Waals surface area (Å²) < 4.78 is 15.6. The van der Waals surface area contributed by atoms with Gasteiger partial charge in [0.25, 0.3) is 0 Å². The number of benzene rings is 1. The van der Waals surface area contributed by atoms with E-state index in [0.717, 1.165) is 30.4 Å². The number of carbonyl (C=O) groups excluding carboxylic acids is 2. The average Bonchev–Trinajstić information content (AvgIpc) is 3.18. The number of ether oxygens (including phenoxy) is 3. The van der Waals surface area contributed by atoms with Gasteiger partial charge in [-0.1, -0.05) is 26.8 Å².